The van der Waals surface area contributed by atoms with Crippen molar-refractivity contribution in [3.8, 4) is 0 Å². The monoisotopic (exact) mass is 179 g/mol. The standard InChI is InChI=1S/C10H13NO2/c1-2-4-7-8(10(12)13)5-3-6-9(7)11/h3,5-6H,2,4,11H2,1H3,(H,12,13). The normalized spacial score (nSPS) is 9.92. The first-order valence-corrected chi connectivity index (χ1v) is 4.27. The molecule has 1 rings (SSSR count). The molecule has 0 amide bonds. The van der Waals surface area contributed by atoms with Gasteiger partial charge in [-0.3, -0.25) is 0 Å². The van der Waals surface area contributed by atoms with E-state index in [-0.39, 0.29) is 0 Å². The van der Waals surface area contributed by atoms with Gasteiger partial charge in [-0.15, -0.1) is 0 Å². The van der Waals surface area contributed by atoms with Crippen LogP contribution >= 0.6 is 0 Å². The van der Waals surface area contributed by atoms with Gasteiger partial charge in [-0.1, -0.05) is 19.4 Å². The Labute approximate surface area is 77.2 Å². The van der Waals surface area contributed by atoms with Crippen molar-refractivity contribution in [3.05, 3.63) is 29.3 Å². The molecule has 0 spiro atoms. The highest BCUT2D eigenvalue weighted by Gasteiger charge is 2.10. The van der Waals surface area contributed by atoms with Gasteiger partial charge in [0.1, 0.15) is 0 Å². The Morgan fingerprint density at radius 1 is 1.54 bits per heavy atom. The fraction of sp³-hybridized carbons (Fsp3) is 0.300. The summed E-state index contributed by atoms with van der Waals surface area (Å²) < 4.78 is 0. The molecule has 0 aliphatic rings. The van der Waals surface area contributed by atoms with Crippen LogP contribution in [-0.4, -0.2) is 11.1 Å². The van der Waals surface area contributed by atoms with E-state index in [1.165, 1.54) is 0 Å². The molecule has 70 valence electrons. The van der Waals surface area contributed by atoms with Gasteiger partial charge in [0.2, 0.25) is 0 Å². The Morgan fingerprint density at radius 3 is 2.77 bits per heavy atom. The van der Waals surface area contributed by atoms with Crippen molar-refractivity contribution >= 4 is 11.7 Å². The molecule has 13 heavy (non-hydrogen) atoms. The van der Waals surface area contributed by atoms with Crippen LogP contribution in [0.15, 0.2) is 18.2 Å². The Bertz CT molecular complexity index is 321. The van der Waals surface area contributed by atoms with Gasteiger partial charge in [0.05, 0.1) is 5.56 Å². The molecule has 3 heteroatoms. The largest absolute Gasteiger partial charge is 0.478 e. The number of benzene rings is 1. The topological polar surface area (TPSA) is 63.3 Å². The molecule has 0 heterocycles. The van der Waals surface area contributed by atoms with Gasteiger partial charge in [-0.2, -0.15) is 0 Å². The first-order chi connectivity index (χ1) is 6.16. The van der Waals surface area contributed by atoms with Crippen molar-refractivity contribution in [2.24, 2.45) is 0 Å². The van der Waals surface area contributed by atoms with Crippen LogP contribution in [0.3, 0.4) is 0 Å². The lowest BCUT2D eigenvalue weighted by Crippen LogP contribution is -2.05. The van der Waals surface area contributed by atoms with E-state index in [9.17, 15) is 4.79 Å². The third-order valence-corrected chi connectivity index (χ3v) is 1.94. The van der Waals surface area contributed by atoms with Crippen molar-refractivity contribution in [1.82, 2.24) is 0 Å². The highest BCUT2D eigenvalue weighted by molar-refractivity contribution is 5.91. The lowest BCUT2D eigenvalue weighted by molar-refractivity contribution is 0.0696. The number of hydrogen-bond donors (Lipinski definition) is 2. The van der Waals surface area contributed by atoms with E-state index in [4.69, 9.17) is 10.8 Å². The molecule has 0 saturated heterocycles. The van der Waals surface area contributed by atoms with Crippen LogP contribution < -0.4 is 5.73 Å². The van der Waals surface area contributed by atoms with E-state index < -0.39 is 5.97 Å². The van der Waals surface area contributed by atoms with Crippen LogP contribution in [0.4, 0.5) is 5.69 Å². The van der Waals surface area contributed by atoms with E-state index in [0.717, 1.165) is 12.0 Å². The number of hydrogen-bond acceptors (Lipinski definition) is 2. The van der Waals surface area contributed by atoms with E-state index in [1.807, 2.05) is 6.92 Å². The van der Waals surface area contributed by atoms with Gasteiger partial charge >= 0.3 is 5.97 Å². The van der Waals surface area contributed by atoms with E-state index in [1.54, 1.807) is 18.2 Å². The molecule has 3 nitrogen and oxygen atoms in total. The predicted molar refractivity (Wildman–Crippen MR) is 51.8 cm³/mol. The van der Waals surface area contributed by atoms with Crippen molar-refractivity contribution in [3.63, 3.8) is 0 Å². The highest BCUT2D eigenvalue weighted by atomic mass is 16.4. The summed E-state index contributed by atoms with van der Waals surface area (Å²) in [5.41, 5.74) is 7.32. The number of carboxylic acid groups (broad SMARTS) is 1. The molecular formula is C10H13NO2. The average molecular weight is 179 g/mol. The number of aromatic carboxylic acids is 1. The smallest absolute Gasteiger partial charge is 0.336 e. The van der Waals surface area contributed by atoms with E-state index >= 15 is 0 Å². The molecule has 0 aromatic heterocycles. The SMILES string of the molecule is CCCc1c(N)cccc1C(=O)O. The van der Waals surface area contributed by atoms with Gasteiger partial charge in [0.15, 0.2) is 0 Å². The summed E-state index contributed by atoms with van der Waals surface area (Å²) in [4.78, 5) is 10.8. The van der Waals surface area contributed by atoms with Crippen molar-refractivity contribution < 1.29 is 9.90 Å². The van der Waals surface area contributed by atoms with E-state index in [0.29, 0.717) is 17.7 Å². The third-order valence-electron chi connectivity index (χ3n) is 1.94. The molecule has 0 aliphatic heterocycles. The van der Waals surface area contributed by atoms with Crippen LogP contribution in [0.1, 0.15) is 29.3 Å². The lowest BCUT2D eigenvalue weighted by Gasteiger charge is -2.07. The van der Waals surface area contributed by atoms with Crippen LogP contribution in [0, 0.1) is 0 Å². The van der Waals surface area contributed by atoms with Gasteiger partial charge in [-0.05, 0) is 24.1 Å². The second kappa shape index (κ2) is 3.94. The van der Waals surface area contributed by atoms with Crippen LogP contribution in [0.2, 0.25) is 0 Å². The van der Waals surface area contributed by atoms with Crippen molar-refractivity contribution in [2.75, 3.05) is 5.73 Å². The summed E-state index contributed by atoms with van der Waals surface area (Å²) in [6.45, 7) is 2.00. The Balaban J connectivity index is 3.17. The number of nitrogens with two attached hydrogens (primary N) is 1. The second-order valence-electron chi connectivity index (χ2n) is 2.93. The van der Waals surface area contributed by atoms with Crippen LogP contribution in [0.25, 0.3) is 0 Å². The molecule has 1 aromatic rings. The van der Waals surface area contributed by atoms with Gasteiger partial charge < -0.3 is 10.8 Å². The molecule has 0 fully saturated rings. The summed E-state index contributed by atoms with van der Waals surface area (Å²) in [6.07, 6.45) is 1.61. The zero-order valence-corrected chi connectivity index (χ0v) is 7.58. The highest BCUT2D eigenvalue weighted by Crippen LogP contribution is 2.18. The van der Waals surface area contributed by atoms with E-state index in [2.05, 4.69) is 0 Å². The third kappa shape index (κ3) is 1.99. The first kappa shape index (κ1) is 9.58. The summed E-state index contributed by atoms with van der Waals surface area (Å²) in [5, 5.41) is 8.86. The maximum absolute atomic E-state index is 10.8. The summed E-state index contributed by atoms with van der Waals surface area (Å²) in [5.74, 6) is -0.907. The molecule has 1 aromatic carbocycles. The molecule has 0 saturated carbocycles. The second-order valence-corrected chi connectivity index (χ2v) is 2.93. The number of carbonyl (C=O) groups is 1. The lowest BCUT2D eigenvalue weighted by atomic mass is 10.0. The summed E-state index contributed by atoms with van der Waals surface area (Å²) >= 11 is 0. The fourth-order valence-corrected chi connectivity index (χ4v) is 1.33. The molecule has 3 N–H and O–H groups in total. The Hall–Kier alpha value is -1.51. The van der Waals surface area contributed by atoms with Gasteiger partial charge in [0, 0.05) is 5.69 Å². The van der Waals surface area contributed by atoms with Crippen LogP contribution in [-0.2, 0) is 6.42 Å². The van der Waals surface area contributed by atoms with Crippen molar-refractivity contribution in [1.29, 1.82) is 0 Å². The Kier molecular flexibility index (Phi) is 2.90. The van der Waals surface area contributed by atoms with Gasteiger partial charge in [-0.25, -0.2) is 4.79 Å². The molecule has 0 bridgehead atoms. The average Bonchev–Trinajstić information content (AvgIpc) is 2.08. The fourth-order valence-electron chi connectivity index (χ4n) is 1.33. The molecule has 0 radical (unpaired) electrons. The predicted octanol–water partition coefficient (Wildman–Crippen LogP) is 1.92. The number of carboxylic acids is 1. The molecule has 0 aliphatic carbocycles. The maximum atomic E-state index is 10.8. The molecular weight excluding hydrogens is 166 g/mol. The van der Waals surface area contributed by atoms with Crippen molar-refractivity contribution in [2.45, 2.75) is 19.8 Å². The molecule has 0 atom stereocenters. The first-order valence-electron chi connectivity index (χ1n) is 4.27. The maximum Gasteiger partial charge on any atom is 0.336 e. The number of rotatable bonds is 3. The minimum Gasteiger partial charge on any atom is -0.478 e. The minimum atomic E-state index is -0.907. The Morgan fingerprint density at radius 2 is 2.23 bits per heavy atom. The van der Waals surface area contributed by atoms with Gasteiger partial charge in [0.25, 0.3) is 0 Å². The minimum absolute atomic E-state index is 0.321. The van der Waals surface area contributed by atoms with Crippen LogP contribution in [0.5, 0.6) is 0 Å². The number of anilines is 1. The zero-order chi connectivity index (χ0) is 9.84. The number of nitrogen functional groups attached to an aromatic ring is 1. The quantitative estimate of drug-likeness (QED) is 0.697. The summed E-state index contributed by atoms with van der Waals surface area (Å²) in [6, 6.07) is 4.99. The summed E-state index contributed by atoms with van der Waals surface area (Å²) in [7, 11) is 0. The molecule has 0 unspecified atom stereocenters. The zero-order valence-electron chi connectivity index (χ0n) is 7.58.